The molecule has 0 radical (unpaired) electrons. The van der Waals surface area contributed by atoms with Crippen LogP contribution < -0.4 is 5.32 Å². The third kappa shape index (κ3) is 5.81. The number of hydrogen-bond acceptors (Lipinski definition) is 5. The molecular weight excluding hydrogens is 402 g/mol. The summed E-state index contributed by atoms with van der Waals surface area (Å²) in [6.45, 7) is 6.87. The zero-order valence-corrected chi connectivity index (χ0v) is 19.2. The van der Waals surface area contributed by atoms with E-state index < -0.39 is 10.0 Å². The fourth-order valence-corrected chi connectivity index (χ4v) is 5.72. The molecule has 1 aromatic carbocycles. The second-order valence-electron chi connectivity index (χ2n) is 8.61. The van der Waals surface area contributed by atoms with E-state index in [9.17, 15) is 13.2 Å². The monoisotopic (exact) mass is 437 g/mol. The van der Waals surface area contributed by atoms with E-state index in [2.05, 4.69) is 17.3 Å². The lowest BCUT2D eigenvalue weighted by atomic mass is 10.1. The average molecular weight is 438 g/mol. The van der Waals surface area contributed by atoms with Gasteiger partial charge in [-0.1, -0.05) is 0 Å². The summed E-state index contributed by atoms with van der Waals surface area (Å²) in [6, 6.07) is 5.49. The number of rotatable bonds is 8. The molecule has 1 N–H and O–H groups in total. The largest absolute Gasteiger partial charge is 0.379 e. The van der Waals surface area contributed by atoms with E-state index in [1.54, 1.807) is 22.5 Å². The Bertz CT molecular complexity index is 833. The van der Waals surface area contributed by atoms with Crippen LogP contribution in [0.25, 0.3) is 0 Å². The highest BCUT2D eigenvalue weighted by molar-refractivity contribution is 7.89. The Balaban J connectivity index is 1.57. The number of nitrogens with one attached hydrogen (secondary N) is 1. The number of fused-ring (bicyclic) bond motifs is 1. The van der Waals surface area contributed by atoms with Crippen molar-refractivity contribution < 1.29 is 17.9 Å². The van der Waals surface area contributed by atoms with E-state index >= 15 is 0 Å². The lowest BCUT2D eigenvalue weighted by Crippen LogP contribution is -2.45. The molecule has 3 rings (SSSR count). The lowest BCUT2D eigenvalue weighted by Gasteiger charge is -2.36. The molecule has 30 heavy (non-hydrogen) atoms. The fraction of sp³-hybridized carbons (Fsp3) is 0.682. The third-order valence-electron chi connectivity index (χ3n) is 5.99. The van der Waals surface area contributed by atoms with Crippen LogP contribution in [-0.4, -0.2) is 69.0 Å². The Morgan fingerprint density at radius 3 is 2.67 bits per heavy atom. The molecule has 0 unspecified atom stereocenters. The molecule has 2 aliphatic heterocycles. The van der Waals surface area contributed by atoms with Crippen LogP contribution >= 0.6 is 0 Å². The topological polar surface area (TPSA) is 79.0 Å². The molecule has 7 nitrogen and oxygen atoms in total. The van der Waals surface area contributed by atoms with Gasteiger partial charge in [0.2, 0.25) is 15.9 Å². The molecule has 0 aliphatic carbocycles. The quantitative estimate of drug-likeness (QED) is 0.633. The number of sulfonamides is 1. The summed E-state index contributed by atoms with van der Waals surface area (Å²) in [4.78, 5) is 14.4. The van der Waals surface area contributed by atoms with E-state index in [1.165, 1.54) is 0 Å². The molecule has 168 valence electrons. The van der Waals surface area contributed by atoms with Crippen molar-refractivity contribution in [3.05, 3.63) is 23.8 Å². The van der Waals surface area contributed by atoms with Crippen molar-refractivity contribution in [2.45, 2.75) is 69.4 Å². The second kappa shape index (κ2) is 10.2. The van der Waals surface area contributed by atoms with Crippen molar-refractivity contribution in [1.29, 1.82) is 0 Å². The van der Waals surface area contributed by atoms with E-state index in [4.69, 9.17) is 4.74 Å². The van der Waals surface area contributed by atoms with Crippen LogP contribution in [0.1, 0.15) is 51.5 Å². The predicted octanol–water partition coefficient (Wildman–Crippen LogP) is 2.86. The van der Waals surface area contributed by atoms with Crippen molar-refractivity contribution >= 4 is 21.6 Å². The molecule has 0 saturated carbocycles. The smallest absolute Gasteiger partial charge is 0.243 e. The van der Waals surface area contributed by atoms with Gasteiger partial charge >= 0.3 is 0 Å². The summed E-state index contributed by atoms with van der Waals surface area (Å²) in [7, 11) is -1.40. The van der Waals surface area contributed by atoms with Gasteiger partial charge < -0.3 is 15.0 Å². The van der Waals surface area contributed by atoms with Crippen molar-refractivity contribution in [2.24, 2.45) is 0 Å². The summed E-state index contributed by atoms with van der Waals surface area (Å²) in [6.07, 6.45) is 4.84. The minimum Gasteiger partial charge on any atom is -0.379 e. The number of amides is 1. The van der Waals surface area contributed by atoms with Crippen LogP contribution in [0, 0.1) is 0 Å². The first kappa shape index (κ1) is 23.2. The Kier molecular flexibility index (Phi) is 7.90. The number of carbonyl (C=O) groups is 1. The maximum atomic E-state index is 13.2. The number of aryl methyl sites for hydroxylation is 1. The number of benzene rings is 1. The van der Waals surface area contributed by atoms with Crippen LogP contribution in [-0.2, 0) is 26.0 Å². The molecule has 0 aromatic heterocycles. The van der Waals surface area contributed by atoms with Gasteiger partial charge in [-0.15, -0.1) is 0 Å². The minimum absolute atomic E-state index is 0.00804. The van der Waals surface area contributed by atoms with Crippen LogP contribution in [0.4, 0.5) is 5.69 Å². The summed E-state index contributed by atoms with van der Waals surface area (Å²) < 4.78 is 33.6. The van der Waals surface area contributed by atoms with Gasteiger partial charge in [0.1, 0.15) is 0 Å². The van der Waals surface area contributed by atoms with Gasteiger partial charge in [0.05, 0.1) is 11.0 Å². The molecule has 0 bridgehead atoms. The van der Waals surface area contributed by atoms with Gasteiger partial charge in [-0.2, -0.15) is 4.31 Å². The molecule has 1 saturated heterocycles. The van der Waals surface area contributed by atoms with Crippen LogP contribution in [0.5, 0.6) is 0 Å². The predicted molar refractivity (Wildman–Crippen MR) is 118 cm³/mol. The zero-order chi connectivity index (χ0) is 21.7. The molecule has 2 heterocycles. The first-order valence-corrected chi connectivity index (χ1v) is 12.5. The molecule has 1 amide bonds. The van der Waals surface area contributed by atoms with Gasteiger partial charge in [-0.3, -0.25) is 4.79 Å². The Labute approximate surface area is 180 Å². The summed E-state index contributed by atoms with van der Waals surface area (Å²) in [5.74, 6) is -0.00804. The Morgan fingerprint density at radius 1 is 1.23 bits per heavy atom. The van der Waals surface area contributed by atoms with E-state index in [1.807, 2.05) is 13.8 Å². The fourth-order valence-electron chi connectivity index (χ4n) is 4.20. The lowest BCUT2D eigenvalue weighted by molar-refractivity contribution is -0.116. The number of carbonyl (C=O) groups excluding carboxylic acids is 1. The molecule has 8 heteroatoms. The minimum atomic E-state index is -3.52. The Morgan fingerprint density at radius 2 is 1.97 bits per heavy atom. The molecule has 0 atom stereocenters. The highest BCUT2D eigenvalue weighted by Crippen LogP contribution is 2.28. The normalized spacial score (nSPS) is 19.0. The third-order valence-corrected chi connectivity index (χ3v) is 7.89. The van der Waals surface area contributed by atoms with Crippen molar-refractivity contribution in [1.82, 2.24) is 9.21 Å². The maximum Gasteiger partial charge on any atom is 0.243 e. The number of nitrogens with zero attached hydrogens (tertiary/aromatic N) is 2. The highest BCUT2D eigenvalue weighted by atomic mass is 32.2. The van der Waals surface area contributed by atoms with Crippen molar-refractivity contribution in [3.8, 4) is 0 Å². The Hall–Kier alpha value is -1.48. The SMILES string of the molecule is CC(C)OCCCN(C)C1CCN(S(=O)(=O)c2ccc3c(c2)CCCC(=O)N3)CC1. The van der Waals surface area contributed by atoms with Crippen LogP contribution in [0.15, 0.2) is 23.1 Å². The van der Waals surface area contributed by atoms with E-state index in [0.717, 1.165) is 50.1 Å². The first-order valence-electron chi connectivity index (χ1n) is 11.0. The van der Waals surface area contributed by atoms with Gasteiger partial charge in [0.15, 0.2) is 0 Å². The maximum absolute atomic E-state index is 13.2. The summed E-state index contributed by atoms with van der Waals surface area (Å²) in [5, 5.41) is 2.86. The summed E-state index contributed by atoms with van der Waals surface area (Å²) >= 11 is 0. The van der Waals surface area contributed by atoms with Gasteiger partial charge in [-0.05, 0) is 76.8 Å². The highest BCUT2D eigenvalue weighted by Gasteiger charge is 2.31. The first-order chi connectivity index (χ1) is 14.3. The zero-order valence-electron chi connectivity index (χ0n) is 18.4. The van der Waals surface area contributed by atoms with Crippen molar-refractivity contribution in [3.63, 3.8) is 0 Å². The molecule has 1 aromatic rings. The molecule has 2 aliphatic rings. The van der Waals surface area contributed by atoms with Crippen LogP contribution in [0.2, 0.25) is 0 Å². The number of anilines is 1. The summed E-state index contributed by atoms with van der Waals surface area (Å²) in [5.41, 5.74) is 1.64. The van der Waals surface area contributed by atoms with E-state index in [-0.39, 0.29) is 12.0 Å². The number of piperidine rings is 1. The molecule has 1 fully saturated rings. The van der Waals surface area contributed by atoms with Gasteiger partial charge in [0.25, 0.3) is 0 Å². The molecular formula is C22H35N3O4S. The van der Waals surface area contributed by atoms with Gasteiger partial charge in [0, 0.05) is 44.4 Å². The van der Waals surface area contributed by atoms with Crippen LogP contribution in [0.3, 0.4) is 0 Å². The molecule has 0 spiro atoms. The van der Waals surface area contributed by atoms with E-state index in [0.29, 0.717) is 36.9 Å². The number of hydrogen-bond donors (Lipinski definition) is 1. The van der Waals surface area contributed by atoms with Crippen molar-refractivity contribution in [2.75, 3.05) is 38.6 Å². The second-order valence-corrected chi connectivity index (χ2v) is 10.5. The average Bonchev–Trinajstić information content (AvgIpc) is 2.90. The van der Waals surface area contributed by atoms with Gasteiger partial charge in [-0.25, -0.2) is 8.42 Å². The number of ether oxygens (including phenoxy) is 1. The standard InChI is InChI=1S/C22H35N3O4S/c1-17(2)29-15-5-12-24(3)19-10-13-25(14-11-19)30(27,28)20-8-9-21-18(16-20)6-4-7-22(26)23-21/h8-9,16-17,19H,4-7,10-15H2,1-3H3,(H,23,26).